The maximum Gasteiger partial charge on any atom is 0.306 e. The van der Waals surface area contributed by atoms with Crippen molar-refractivity contribution >= 4 is 28.5 Å². The van der Waals surface area contributed by atoms with Crippen LogP contribution in [0.1, 0.15) is 12.8 Å². The number of nitrogens with one attached hydrogen (secondary N) is 1. The van der Waals surface area contributed by atoms with Crippen molar-refractivity contribution in [2.45, 2.75) is 12.8 Å². The second-order valence-corrected chi connectivity index (χ2v) is 4.30. The summed E-state index contributed by atoms with van der Waals surface area (Å²) >= 11 is 0. The van der Waals surface area contributed by atoms with Crippen LogP contribution in [0, 0.1) is 0 Å². The Balaban J connectivity index is 2.09. The highest BCUT2D eigenvalue weighted by Crippen LogP contribution is 2.24. The van der Waals surface area contributed by atoms with Gasteiger partial charge in [0.25, 0.3) is 0 Å². The summed E-state index contributed by atoms with van der Waals surface area (Å²) in [4.78, 5) is 22.7. The first-order valence-corrected chi connectivity index (χ1v) is 6.02. The van der Waals surface area contributed by atoms with Gasteiger partial charge in [0.15, 0.2) is 0 Å². The molecule has 0 atom stereocenters. The number of methoxy groups -OCH3 is 1. The molecule has 0 saturated heterocycles. The number of amides is 1. The SMILES string of the molecule is COC(=O)CCC(=O)Nc1cn(C)c2ccccc12. The molecule has 1 aromatic heterocycles. The molecule has 0 bridgehead atoms. The standard InChI is InChI=1S/C14H16N2O3/c1-16-9-11(10-5-3-4-6-12(10)16)15-13(17)7-8-14(18)19-2/h3-6,9H,7-8H2,1-2H3,(H,15,17). The number of esters is 1. The van der Waals surface area contributed by atoms with Crippen LogP contribution in [0.25, 0.3) is 10.9 Å². The second-order valence-electron chi connectivity index (χ2n) is 4.30. The predicted molar refractivity (Wildman–Crippen MR) is 72.8 cm³/mol. The molecule has 5 heteroatoms. The Bertz CT molecular complexity index is 616. The summed E-state index contributed by atoms with van der Waals surface area (Å²) in [7, 11) is 3.23. The van der Waals surface area contributed by atoms with Gasteiger partial charge in [-0.25, -0.2) is 0 Å². The van der Waals surface area contributed by atoms with E-state index in [0.717, 1.165) is 16.6 Å². The van der Waals surface area contributed by atoms with Crippen molar-refractivity contribution in [3.05, 3.63) is 30.5 Å². The van der Waals surface area contributed by atoms with Crippen molar-refractivity contribution in [2.75, 3.05) is 12.4 Å². The molecule has 1 aromatic carbocycles. The highest BCUT2D eigenvalue weighted by molar-refractivity contribution is 6.02. The fraction of sp³-hybridized carbons (Fsp3) is 0.286. The minimum absolute atomic E-state index is 0.0904. The van der Waals surface area contributed by atoms with Gasteiger partial charge >= 0.3 is 5.97 Å². The number of anilines is 1. The van der Waals surface area contributed by atoms with Gasteiger partial charge in [-0.2, -0.15) is 0 Å². The van der Waals surface area contributed by atoms with E-state index in [1.54, 1.807) is 0 Å². The maximum atomic E-state index is 11.8. The zero-order valence-corrected chi connectivity index (χ0v) is 11.0. The summed E-state index contributed by atoms with van der Waals surface area (Å²) in [6, 6.07) is 7.81. The van der Waals surface area contributed by atoms with Crippen LogP contribution in [-0.2, 0) is 21.4 Å². The van der Waals surface area contributed by atoms with Crippen molar-refractivity contribution in [1.29, 1.82) is 0 Å². The van der Waals surface area contributed by atoms with E-state index in [1.165, 1.54) is 7.11 Å². The minimum atomic E-state index is -0.381. The number of benzene rings is 1. The number of aromatic nitrogens is 1. The molecular weight excluding hydrogens is 244 g/mol. The first-order chi connectivity index (χ1) is 9.11. The number of ether oxygens (including phenoxy) is 1. The minimum Gasteiger partial charge on any atom is -0.469 e. The number of carbonyl (C=O) groups is 2. The van der Waals surface area contributed by atoms with Crippen molar-refractivity contribution < 1.29 is 14.3 Å². The van der Waals surface area contributed by atoms with Crippen LogP contribution in [0.4, 0.5) is 5.69 Å². The van der Waals surface area contributed by atoms with Crippen LogP contribution in [0.5, 0.6) is 0 Å². The van der Waals surface area contributed by atoms with Crippen LogP contribution in [-0.4, -0.2) is 23.6 Å². The number of hydrogen-bond acceptors (Lipinski definition) is 3. The normalized spacial score (nSPS) is 10.4. The summed E-state index contributed by atoms with van der Waals surface area (Å²) in [5.41, 5.74) is 1.80. The molecule has 0 aliphatic carbocycles. The van der Waals surface area contributed by atoms with Crippen LogP contribution in [0.2, 0.25) is 0 Å². The first kappa shape index (κ1) is 13.1. The molecule has 0 aliphatic rings. The Morgan fingerprint density at radius 2 is 2.00 bits per heavy atom. The highest BCUT2D eigenvalue weighted by Gasteiger charge is 2.10. The van der Waals surface area contributed by atoms with Gasteiger partial charge in [0.2, 0.25) is 5.91 Å². The van der Waals surface area contributed by atoms with Gasteiger partial charge in [-0.15, -0.1) is 0 Å². The quantitative estimate of drug-likeness (QED) is 0.856. The summed E-state index contributed by atoms with van der Waals surface area (Å²) < 4.78 is 6.45. The Morgan fingerprint density at radius 1 is 1.26 bits per heavy atom. The molecule has 0 radical (unpaired) electrons. The van der Waals surface area contributed by atoms with Crippen molar-refractivity contribution in [1.82, 2.24) is 4.57 Å². The second kappa shape index (κ2) is 5.56. The van der Waals surface area contributed by atoms with Crippen LogP contribution >= 0.6 is 0 Å². The lowest BCUT2D eigenvalue weighted by atomic mass is 10.2. The molecule has 2 rings (SSSR count). The van der Waals surface area contributed by atoms with E-state index in [-0.39, 0.29) is 24.7 Å². The van der Waals surface area contributed by atoms with Gasteiger partial charge in [0, 0.05) is 30.6 Å². The number of aryl methyl sites for hydroxylation is 1. The summed E-state index contributed by atoms with van der Waals surface area (Å²) in [6.07, 6.45) is 2.07. The molecule has 0 spiro atoms. The monoisotopic (exact) mass is 260 g/mol. The lowest BCUT2D eigenvalue weighted by Gasteiger charge is -2.03. The molecule has 1 N–H and O–H groups in total. The molecule has 1 heterocycles. The van der Waals surface area contributed by atoms with E-state index in [2.05, 4.69) is 10.1 Å². The molecule has 0 unspecified atom stereocenters. The highest BCUT2D eigenvalue weighted by atomic mass is 16.5. The van der Waals surface area contributed by atoms with Gasteiger partial charge in [0.05, 0.1) is 19.2 Å². The van der Waals surface area contributed by atoms with Crippen molar-refractivity contribution in [2.24, 2.45) is 7.05 Å². The molecule has 5 nitrogen and oxygen atoms in total. The van der Waals surface area contributed by atoms with Crippen LogP contribution < -0.4 is 5.32 Å². The molecule has 0 saturated carbocycles. The molecule has 19 heavy (non-hydrogen) atoms. The zero-order chi connectivity index (χ0) is 13.8. The number of rotatable bonds is 4. The average molecular weight is 260 g/mol. The number of carbonyl (C=O) groups excluding carboxylic acids is 2. The third-order valence-electron chi connectivity index (χ3n) is 2.95. The fourth-order valence-electron chi connectivity index (χ4n) is 1.97. The van der Waals surface area contributed by atoms with Crippen LogP contribution in [0.3, 0.4) is 0 Å². The fourth-order valence-corrected chi connectivity index (χ4v) is 1.97. The largest absolute Gasteiger partial charge is 0.469 e. The lowest BCUT2D eigenvalue weighted by Crippen LogP contribution is -2.13. The summed E-state index contributed by atoms with van der Waals surface area (Å²) in [5.74, 6) is -0.574. The smallest absolute Gasteiger partial charge is 0.306 e. The van der Waals surface area contributed by atoms with E-state index in [0.29, 0.717) is 0 Å². The summed E-state index contributed by atoms with van der Waals surface area (Å²) in [6.45, 7) is 0. The predicted octanol–water partition coefficient (Wildman–Crippen LogP) is 2.07. The lowest BCUT2D eigenvalue weighted by molar-refractivity contribution is -0.141. The van der Waals surface area contributed by atoms with Crippen LogP contribution in [0.15, 0.2) is 30.5 Å². The Labute approximate surface area is 111 Å². The number of fused-ring (bicyclic) bond motifs is 1. The molecule has 0 fully saturated rings. The Hall–Kier alpha value is -2.30. The third-order valence-corrected chi connectivity index (χ3v) is 2.95. The first-order valence-electron chi connectivity index (χ1n) is 6.02. The topological polar surface area (TPSA) is 60.3 Å². The Kier molecular flexibility index (Phi) is 3.85. The van der Waals surface area contributed by atoms with Gasteiger partial charge in [-0.05, 0) is 6.07 Å². The van der Waals surface area contributed by atoms with E-state index < -0.39 is 0 Å². The van der Waals surface area contributed by atoms with Gasteiger partial charge in [-0.1, -0.05) is 18.2 Å². The zero-order valence-electron chi connectivity index (χ0n) is 11.0. The molecule has 0 aliphatic heterocycles. The number of hydrogen-bond donors (Lipinski definition) is 1. The third kappa shape index (κ3) is 2.93. The molecular formula is C14H16N2O3. The molecule has 100 valence electrons. The van der Waals surface area contributed by atoms with Crippen molar-refractivity contribution in [3.8, 4) is 0 Å². The maximum absolute atomic E-state index is 11.8. The average Bonchev–Trinajstić information content (AvgIpc) is 2.73. The summed E-state index contributed by atoms with van der Waals surface area (Å²) in [5, 5.41) is 3.80. The van der Waals surface area contributed by atoms with Crippen molar-refractivity contribution in [3.63, 3.8) is 0 Å². The molecule has 1 amide bonds. The number of para-hydroxylation sites is 1. The number of nitrogens with zero attached hydrogens (tertiary/aromatic N) is 1. The van der Waals surface area contributed by atoms with E-state index >= 15 is 0 Å². The van der Waals surface area contributed by atoms with E-state index in [4.69, 9.17) is 0 Å². The van der Waals surface area contributed by atoms with Gasteiger partial charge in [0.1, 0.15) is 0 Å². The van der Waals surface area contributed by atoms with E-state index in [9.17, 15) is 9.59 Å². The Morgan fingerprint density at radius 3 is 2.74 bits per heavy atom. The van der Waals surface area contributed by atoms with E-state index in [1.807, 2.05) is 42.1 Å². The van der Waals surface area contributed by atoms with Gasteiger partial charge < -0.3 is 14.6 Å². The molecule has 2 aromatic rings. The van der Waals surface area contributed by atoms with Gasteiger partial charge in [-0.3, -0.25) is 9.59 Å².